The number of carbonyl (C=O) groups excluding carboxylic acids is 1. The first-order valence-electron chi connectivity index (χ1n) is 7.24. The molecule has 0 aromatic carbocycles. The van der Waals surface area contributed by atoms with Gasteiger partial charge in [0.05, 0.1) is 31.4 Å². The second kappa shape index (κ2) is 6.71. The highest BCUT2D eigenvalue weighted by Crippen LogP contribution is 2.16. The molecule has 1 amide bonds. The van der Waals surface area contributed by atoms with Gasteiger partial charge in [-0.15, -0.1) is 0 Å². The van der Waals surface area contributed by atoms with Gasteiger partial charge in [-0.25, -0.2) is 0 Å². The average Bonchev–Trinajstić information content (AvgIpc) is 2.90. The zero-order valence-corrected chi connectivity index (χ0v) is 12.4. The van der Waals surface area contributed by atoms with Crippen molar-refractivity contribution in [3.05, 3.63) is 17.5 Å². The summed E-state index contributed by atoms with van der Waals surface area (Å²) in [6.07, 6.45) is 0.654. The predicted molar refractivity (Wildman–Crippen MR) is 75.2 cm³/mol. The van der Waals surface area contributed by atoms with E-state index in [-0.39, 0.29) is 18.9 Å². The normalized spacial score (nSPS) is 18.8. The van der Waals surface area contributed by atoms with Crippen LogP contribution in [0.15, 0.2) is 6.07 Å². The number of nitrogens with zero attached hydrogens (tertiary/aromatic N) is 3. The minimum absolute atomic E-state index is 0.105. The number of hydrogen-bond acceptors (Lipinski definition) is 4. The number of aromatic nitrogens is 2. The van der Waals surface area contributed by atoms with E-state index in [0.29, 0.717) is 25.4 Å². The molecule has 2 heterocycles. The quantitative estimate of drug-likeness (QED) is 0.867. The first-order chi connectivity index (χ1) is 10.1. The summed E-state index contributed by atoms with van der Waals surface area (Å²) < 4.78 is 6.98. The number of amides is 1. The first kappa shape index (κ1) is 15.5. The summed E-state index contributed by atoms with van der Waals surface area (Å²) in [6.45, 7) is 5.62. The molecule has 1 fully saturated rings. The van der Waals surface area contributed by atoms with E-state index in [1.54, 1.807) is 15.6 Å². The molecule has 2 rings (SSSR count). The third-order valence-corrected chi connectivity index (χ3v) is 3.61. The summed E-state index contributed by atoms with van der Waals surface area (Å²) in [7, 11) is 0. The highest BCUT2D eigenvalue weighted by atomic mass is 16.5. The molecule has 7 heteroatoms. The number of carboxylic acid groups (broad SMARTS) is 1. The van der Waals surface area contributed by atoms with Crippen molar-refractivity contribution in [1.82, 2.24) is 14.7 Å². The van der Waals surface area contributed by atoms with Gasteiger partial charge >= 0.3 is 5.97 Å². The van der Waals surface area contributed by atoms with Crippen LogP contribution in [0.5, 0.6) is 0 Å². The van der Waals surface area contributed by atoms with Gasteiger partial charge in [0.1, 0.15) is 5.69 Å². The predicted octanol–water partition coefficient (Wildman–Crippen LogP) is 0.781. The van der Waals surface area contributed by atoms with E-state index < -0.39 is 12.0 Å². The van der Waals surface area contributed by atoms with Gasteiger partial charge in [-0.05, 0) is 19.4 Å². The fourth-order valence-electron chi connectivity index (χ4n) is 2.50. The smallest absolute Gasteiger partial charge is 0.305 e. The molecule has 1 aromatic rings. The Morgan fingerprint density at radius 2 is 2.24 bits per heavy atom. The maximum absolute atomic E-state index is 12.7. The van der Waals surface area contributed by atoms with Crippen LogP contribution in [0.25, 0.3) is 0 Å². The van der Waals surface area contributed by atoms with E-state index in [9.17, 15) is 9.59 Å². The number of ether oxygens (including phenoxy) is 1. The van der Waals surface area contributed by atoms with Crippen molar-refractivity contribution < 1.29 is 19.4 Å². The fraction of sp³-hybridized carbons (Fsp3) is 0.643. The zero-order valence-electron chi connectivity index (χ0n) is 12.4. The lowest BCUT2D eigenvalue weighted by molar-refractivity contribution is -0.139. The van der Waals surface area contributed by atoms with E-state index in [1.165, 1.54) is 0 Å². The van der Waals surface area contributed by atoms with E-state index in [1.807, 2.05) is 13.8 Å². The van der Waals surface area contributed by atoms with Gasteiger partial charge in [0.15, 0.2) is 0 Å². The molecule has 0 saturated carbocycles. The van der Waals surface area contributed by atoms with Gasteiger partial charge in [-0.3, -0.25) is 14.3 Å². The summed E-state index contributed by atoms with van der Waals surface area (Å²) in [5.74, 6) is -1.10. The summed E-state index contributed by atoms with van der Waals surface area (Å²) in [5.41, 5.74) is 1.38. The lowest BCUT2D eigenvalue weighted by atomic mass is 10.1. The van der Waals surface area contributed by atoms with Gasteiger partial charge in [0.25, 0.3) is 5.91 Å². The Labute approximate surface area is 123 Å². The first-order valence-corrected chi connectivity index (χ1v) is 7.24. The van der Waals surface area contributed by atoms with E-state index in [4.69, 9.17) is 9.84 Å². The minimum Gasteiger partial charge on any atom is -0.481 e. The Hall–Kier alpha value is -1.89. The molecule has 116 valence electrons. The summed E-state index contributed by atoms with van der Waals surface area (Å²) in [4.78, 5) is 25.2. The maximum atomic E-state index is 12.7. The number of aliphatic carboxylic acids is 1. The number of carbonyl (C=O) groups is 2. The van der Waals surface area contributed by atoms with Crippen molar-refractivity contribution in [1.29, 1.82) is 0 Å². The van der Waals surface area contributed by atoms with Crippen LogP contribution in [-0.4, -0.2) is 57.5 Å². The molecule has 1 atom stereocenters. The SMILES string of the molecule is CCc1cc(C(=O)N2CCOCC2CC(=O)O)n(CC)n1. The van der Waals surface area contributed by atoms with E-state index >= 15 is 0 Å². The number of carboxylic acids is 1. The topological polar surface area (TPSA) is 84.7 Å². The second-order valence-corrected chi connectivity index (χ2v) is 5.02. The lowest BCUT2D eigenvalue weighted by Gasteiger charge is -2.34. The van der Waals surface area contributed by atoms with Crippen LogP contribution in [-0.2, 0) is 22.5 Å². The standard InChI is InChI=1S/C14H21N3O4/c1-3-10-7-12(17(4-2)15-10)14(20)16-5-6-21-9-11(16)8-13(18)19/h7,11H,3-6,8-9H2,1-2H3,(H,18,19). The Morgan fingerprint density at radius 3 is 2.86 bits per heavy atom. The minimum atomic E-state index is -0.929. The van der Waals surface area contributed by atoms with Crippen LogP contribution in [0.1, 0.15) is 36.5 Å². The Morgan fingerprint density at radius 1 is 1.48 bits per heavy atom. The van der Waals surface area contributed by atoms with Crippen molar-refractivity contribution in [3.63, 3.8) is 0 Å². The molecular weight excluding hydrogens is 274 g/mol. The number of hydrogen-bond donors (Lipinski definition) is 1. The van der Waals surface area contributed by atoms with Gasteiger partial charge in [-0.2, -0.15) is 5.10 Å². The van der Waals surface area contributed by atoms with Gasteiger partial charge in [0.2, 0.25) is 0 Å². The molecule has 1 saturated heterocycles. The maximum Gasteiger partial charge on any atom is 0.305 e. The summed E-state index contributed by atoms with van der Waals surface area (Å²) >= 11 is 0. The largest absolute Gasteiger partial charge is 0.481 e. The Bertz CT molecular complexity index is 526. The lowest BCUT2D eigenvalue weighted by Crippen LogP contribution is -2.50. The van der Waals surface area contributed by atoms with Crippen LogP contribution in [0.3, 0.4) is 0 Å². The molecule has 1 aliphatic rings. The molecule has 0 aliphatic carbocycles. The molecule has 7 nitrogen and oxygen atoms in total. The second-order valence-electron chi connectivity index (χ2n) is 5.02. The number of aryl methyl sites for hydroxylation is 2. The van der Waals surface area contributed by atoms with Gasteiger partial charge in [0, 0.05) is 13.1 Å². The molecule has 1 aliphatic heterocycles. The van der Waals surface area contributed by atoms with Gasteiger partial charge in [-0.1, -0.05) is 6.92 Å². The Balaban J connectivity index is 2.23. The van der Waals surface area contributed by atoms with Crippen molar-refractivity contribution in [2.75, 3.05) is 19.8 Å². The highest BCUT2D eigenvalue weighted by molar-refractivity contribution is 5.93. The molecule has 0 spiro atoms. The molecule has 21 heavy (non-hydrogen) atoms. The third-order valence-electron chi connectivity index (χ3n) is 3.61. The van der Waals surface area contributed by atoms with Gasteiger partial charge < -0.3 is 14.7 Å². The number of morpholine rings is 1. The Kier molecular flexibility index (Phi) is 4.95. The van der Waals surface area contributed by atoms with Crippen molar-refractivity contribution in [2.24, 2.45) is 0 Å². The fourth-order valence-corrected chi connectivity index (χ4v) is 2.50. The van der Waals surface area contributed by atoms with Crippen LogP contribution in [0, 0.1) is 0 Å². The van der Waals surface area contributed by atoms with Crippen LogP contribution >= 0.6 is 0 Å². The molecule has 1 aromatic heterocycles. The zero-order chi connectivity index (χ0) is 15.4. The van der Waals surface area contributed by atoms with Crippen LogP contribution in [0.4, 0.5) is 0 Å². The molecule has 1 unspecified atom stereocenters. The summed E-state index contributed by atoms with van der Waals surface area (Å²) in [5, 5.41) is 13.3. The monoisotopic (exact) mass is 295 g/mol. The highest BCUT2D eigenvalue weighted by Gasteiger charge is 2.31. The van der Waals surface area contributed by atoms with Crippen molar-refractivity contribution in [2.45, 2.75) is 39.3 Å². The van der Waals surface area contributed by atoms with E-state index in [2.05, 4.69) is 5.10 Å². The summed E-state index contributed by atoms with van der Waals surface area (Å²) in [6, 6.07) is 1.37. The third kappa shape index (κ3) is 3.41. The number of rotatable bonds is 5. The molecule has 0 bridgehead atoms. The van der Waals surface area contributed by atoms with Crippen molar-refractivity contribution >= 4 is 11.9 Å². The van der Waals surface area contributed by atoms with Crippen LogP contribution < -0.4 is 0 Å². The molecule has 1 N–H and O–H groups in total. The molecule has 0 radical (unpaired) electrons. The van der Waals surface area contributed by atoms with Crippen LogP contribution in [0.2, 0.25) is 0 Å². The van der Waals surface area contributed by atoms with Crippen molar-refractivity contribution in [3.8, 4) is 0 Å². The average molecular weight is 295 g/mol. The molecular formula is C14H21N3O4. The van der Waals surface area contributed by atoms with E-state index in [0.717, 1.165) is 12.1 Å².